The van der Waals surface area contributed by atoms with E-state index in [0.717, 1.165) is 0 Å². The summed E-state index contributed by atoms with van der Waals surface area (Å²) in [6, 6.07) is -10.5. The third-order valence-corrected chi connectivity index (χ3v) is 11.5. The zero-order valence-electron chi connectivity index (χ0n) is 39.0. The number of nitrogens with zero attached hydrogens (tertiary/aromatic N) is 2. The Hall–Kier alpha value is -5.26. The average Bonchev–Trinajstić information content (AvgIpc) is 3.28. The Morgan fingerprint density at radius 1 is 0.529 bits per heavy atom. The predicted molar refractivity (Wildman–Crippen MR) is 264 cm³/mol. The van der Waals surface area contributed by atoms with Gasteiger partial charge in [0.15, 0.2) is 11.9 Å². The summed E-state index contributed by atoms with van der Waals surface area (Å²) in [6.07, 6.45) is -0.197. The van der Waals surface area contributed by atoms with Crippen molar-refractivity contribution in [2.24, 2.45) is 50.5 Å². The molecule has 0 saturated heterocycles. The highest BCUT2D eigenvalue weighted by Crippen LogP contribution is 2.11. The van der Waals surface area contributed by atoms with Crippen LogP contribution in [-0.2, 0) is 43.2 Å². The van der Waals surface area contributed by atoms with E-state index in [1.807, 2.05) is 0 Å². The lowest BCUT2D eigenvalue weighted by molar-refractivity contribution is -0.141. The van der Waals surface area contributed by atoms with Gasteiger partial charge in [0, 0.05) is 30.3 Å². The van der Waals surface area contributed by atoms with Gasteiger partial charge in [0.05, 0.1) is 18.7 Å². The van der Waals surface area contributed by atoms with E-state index in [-0.39, 0.29) is 61.5 Å². The van der Waals surface area contributed by atoms with E-state index < -0.39 is 126 Å². The van der Waals surface area contributed by atoms with E-state index in [1.165, 1.54) is 6.92 Å². The third-order valence-electron chi connectivity index (χ3n) is 10.4. The fraction of sp³-hybridized carbons (Fsp3) is 0.718. The highest BCUT2D eigenvalue weighted by molar-refractivity contribution is 7.80. The monoisotopic (exact) mass is 1020 g/mol. The van der Waals surface area contributed by atoms with Gasteiger partial charge in [0.1, 0.15) is 42.3 Å². The molecule has 0 aromatic carbocycles. The summed E-state index contributed by atoms with van der Waals surface area (Å²) >= 11 is 12.3. The van der Waals surface area contributed by atoms with Crippen LogP contribution in [0.3, 0.4) is 0 Å². The van der Waals surface area contributed by atoms with Crippen molar-refractivity contribution < 1.29 is 53.4 Å². The molecular weight excluding hydrogens is 951 g/mol. The first-order valence-corrected chi connectivity index (χ1v) is 23.8. The van der Waals surface area contributed by atoms with Crippen LogP contribution >= 0.6 is 37.9 Å². The number of carboxylic acids is 1. The van der Waals surface area contributed by atoms with Gasteiger partial charge in [-0.05, 0) is 44.4 Å². The molecule has 0 unspecified atom stereocenters. The van der Waals surface area contributed by atoms with Gasteiger partial charge in [0.2, 0.25) is 47.3 Å². The van der Waals surface area contributed by atoms with Crippen LogP contribution in [0.1, 0.15) is 73.1 Å². The molecule has 0 fully saturated rings. The van der Waals surface area contributed by atoms with Gasteiger partial charge in [-0.2, -0.15) is 37.9 Å². The highest BCUT2D eigenvalue weighted by atomic mass is 32.1. The quantitative estimate of drug-likeness (QED) is 0.0126. The predicted octanol–water partition coefficient (Wildman–Crippen LogP) is -5.72. The Morgan fingerprint density at radius 2 is 0.926 bits per heavy atom. The second-order valence-corrected chi connectivity index (χ2v) is 17.0. The number of guanidine groups is 2. The lowest BCUT2D eigenvalue weighted by Gasteiger charge is -2.29. The van der Waals surface area contributed by atoms with E-state index in [1.54, 1.807) is 27.7 Å². The fourth-order valence-corrected chi connectivity index (χ4v) is 6.65. The topological polar surface area (TPSA) is 445 Å². The molecule has 68 heavy (non-hydrogen) atoms. The Bertz CT molecular complexity index is 1760. The minimum Gasteiger partial charge on any atom is -0.480 e. The summed E-state index contributed by atoms with van der Waals surface area (Å²) in [5, 5.41) is 39.6. The van der Waals surface area contributed by atoms with Gasteiger partial charge in [-0.1, -0.05) is 40.5 Å². The molecule has 0 bridgehead atoms. The van der Waals surface area contributed by atoms with Crippen LogP contribution in [0.15, 0.2) is 9.98 Å². The fourth-order valence-electron chi connectivity index (χ4n) is 5.89. The lowest BCUT2D eigenvalue weighted by atomic mass is 9.97. The van der Waals surface area contributed by atoms with Crippen molar-refractivity contribution in [2.75, 3.05) is 36.9 Å². The van der Waals surface area contributed by atoms with Crippen LogP contribution in [-0.4, -0.2) is 167 Å². The zero-order chi connectivity index (χ0) is 52.3. The molecule has 388 valence electrons. The number of hydrogen-bond donors (Lipinski definition) is 18. The molecule has 0 heterocycles. The summed E-state index contributed by atoms with van der Waals surface area (Å²) < 4.78 is 0. The van der Waals surface area contributed by atoms with Crippen molar-refractivity contribution in [1.29, 1.82) is 0 Å². The number of aliphatic hydroxyl groups is 1. The number of carbonyl (C=O) groups excluding carboxylic acids is 8. The average molecular weight is 1020 g/mol. The van der Waals surface area contributed by atoms with Crippen LogP contribution in [0.4, 0.5) is 0 Å². The SMILES string of the molecule is CC[C@H](C)[C@H](NC(=O)CNC(=O)[C@H](CCCN=C(N)N)NC(=O)[C@@H](NC(=O)[C@H](CS)NC(=O)[C@@H](NC(=O)[C@H](CS)NC(=O)[C@@H](N)CCCN=C(N)N)[C@@H](C)CC)[C@@H](C)O)C(=O)N[C@@H](CS)C(=O)O. The Labute approximate surface area is 412 Å². The Kier molecular flexibility index (Phi) is 30.7. The molecule has 0 rings (SSSR count). The summed E-state index contributed by atoms with van der Waals surface area (Å²) in [5.74, 6) is -10.1. The van der Waals surface area contributed by atoms with Crippen LogP contribution < -0.4 is 71.2 Å². The van der Waals surface area contributed by atoms with Gasteiger partial charge in [-0.25, -0.2) is 4.79 Å². The molecule has 11 atom stereocenters. The number of aliphatic carboxylic acids is 1. The lowest BCUT2D eigenvalue weighted by Crippen LogP contribution is -2.62. The number of nitrogens with two attached hydrogens (primary N) is 5. The standard InChI is InChI=1S/C39H73N15O11S3/c1-6-18(3)27(34(61)51-25(17-68)37(64)65)52-26(56)14-47-31(58)22(11-9-13-46-39(43)44)48-36(63)29(20(5)55)54-33(60)24(16-67)50-35(62)28(19(4)7-2)53-32(59)23(15-66)49-30(57)21(40)10-8-12-45-38(41)42/h18-25,27-29,55,66-68H,6-17,40H2,1-5H3,(H,47,58)(H,48,63)(H,49,57)(H,50,62)(H,51,61)(H,52,56)(H,53,59)(H,54,60)(H,64,65)(H4,41,42,45)(H4,43,44,46)/t18-,19-,20+,21-,22-,23-,24-,25-,27-,28-,29-/m0/s1. The molecule has 26 nitrogen and oxygen atoms in total. The first-order chi connectivity index (χ1) is 31.9. The number of carbonyl (C=O) groups is 9. The number of hydrogen-bond acceptors (Lipinski definition) is 16. The molecule has 29 heteroatoms. The number of amides is 8. The normalized spacial score (nSPS) is 15.8. The summed E-state index contributed by atoms with van der Waals surface area (Å²) in [7, 11) is 0. The maximum Gasteiger partial charge on any atom is 0.327 e. The minimum atomic E-state index is -1.72. The molecule has 0 aromatic heterocycles. The maximum atomic E-state index is 13.7. The van der Waals surface area contributed by atoms with Gasteiger partial charge in [-0.15, -0.1) is 0 Å². The van der Waals surface area contributed by atoms with E-state index >= 15 is 0 Å². The number of carboxylic acid groups (broad SMARTS) is 1. The van der Waals surface area contributed by atoms with Crippen molar-refractivity contribution in [3.8, 4) is 0 Å². The number of thiol groups is 3. The summed E-state index contributed by atoms with van der Waals surface area (Å²) in [4.78, 5) is 126. The second kappa shape index (κ2) is 33.3. The molecule has 8 amide bonds. The largest absolute Gasteiger partial charge is 0.480 e. The number of aliphatic hydroxyl groups excluding tert-OH is 1. The first kappa shape index (κ1) is 62.7. The molecule has 0 saturated carbocycles. The van der Waals surface area contributed by atoms with Crippen LogP contribution in [0, 0.1) is 11.8 Å². The van der Waals surface area contributed by atoms with Crippen LogP contribution in [0.5, 0.6) is 0 Å². The second-order valence-electron chi connectivity index (χ2n) is 15.9. The van der Waals surface area contributed by atoms with Crippen LogP contribution in [0.25, 0.3) is 0 Å². The summed E-state index contributed by atoms with van der Waals surface area (Å²) in [6.45, 7) is 7.57. The molecular formula is C39H73N15O11S3. The van der Waals surface area contributed by atoms with Crippen LogP contribution in [0.2, 0.25) is 0 Å². The molecule has 0 aliphatic heterocycles. The van der Waals surface area contributed by atoms with E-state index in [4.69, 9.17) is 28.7 Å². The number of nitrogens with one attached hydrogen (secondary N) is 8. The third kappa shape index (κ3) is 23.6. The first-order valence-electron chi connectivity index (χ1n) is 21.9. The van der Waals surface area contributed by atoms with Crippen molar-refractivity contribution in [3.05, 3.63) is 0 Å². The van der Waals surface area contributed by atoms with Crippen molar-refractivity contribution >= 4 is 103 Å². The van der Waals surface area contributed by atoms with E-state index in [2.05, 4.69) is 90.4 Å². The van der Waals surface area contributed by atoms with Gasteiger partial charge < -0.3 is 81.4 Å². The summed E-state index contributed by atoms with van der Waals surface area (Å²) in [5.41, 5.74) is 27.4. The van der Waals surface area contributed by atoms with Crippen molar-refractivity contribution in [1.82, 2.24) is 42.5 Å². The maximum absolute atomic E-state index is 13.7. The highest BCUT2D eigenvalue weighted by Gasteiger charge is 2.36. The Morgan fingerprint density at radius 3 is 1.35 bits per heavy atom. The smallest absolute Gasteiger partial charge is 0.327 e. The van der Waals surface area contributed by atoms with Crippen molar-refractivity contribution in [2.45, 2.75) is 128 Å². The minimum absolute atomic E-state index is 0.0245. The van der Waals surface area contributed by atoms with E-state index in [9.17, 15) is 53.4 Å². The van der Waals surface area contributed by atoms with Crippen molar-refractivity contribution in [3.63, 3.8) is 0 Å². The molecule has 0 aliphatic carbocycles. The van der Waals surface area contributed by atoms with Gasteiger partial charge >= 0.3 is 5.97 Å². The van der Waals surface area contributed by atoms with Gasteiger partial charge in [0.25, 0.3) is 0 Å². The van der Waals surface area contributed by atoms with E-state index in [0.29, 0.717) is 19.3 Å². The Balaban J connectivity index is 6.09. The molecule has 20 N–H and O–H groups in total. The van der Waals surface area contributed by atoms with Gasteiger partial charge in [-0.3, -0.25) is 48.3 Å². The number of aliphatic imine (C=N–C) groups is 2. The molecule has 0 aromatic rings. The molecule has 0 radical (unpaired) electrons. The zero-order valence-corrected chi connectivity index (χ0v) is 41.7. The molecule has 0 aliphatic rings. The molecule has 0 spiro atoms. The number of rotatable bonds is 33.